The van der Waals surface area contributed by atoms with Crippen molar-refractivity contribution < 1.29 is 19.1 Å². The molecule has 0 spiro atoms. The third kappa shape index (κ3) is 6.22. The van der Waals surface area contributed by atoms with Gasteiger partial charge in [-0.1, -0.05) is 18.2 Å². The maximum absolute atomic E-state index is 11.8. The van der Waals surface area contributed by atoms with Gasteiger partial charge in [0.2, 0.25) is 5.91 Å². The highest BCUT2D eigenvalue weighted by Gasteiger charge is 2.09. The summed E-state index contributed by atoms with van der Waals surface area (Å²) in [5, 5.41) is 0. The summed E-state index contributed by atoms with van der Waals surface area (Å²) in [4.78, 5) is 24.4. The molecular weight excluding hydrogens is 258 g/mol. The van der Waals surface area contributed by atoms with Crippen LogP contribution in [0, 0.1) is 0 Å². The van der Waals surface area contributed by atoms with Crippen LogP contribution in [0.15, 0.2) is 30.3 Å². The molecule has 0 unspecified atom stereocenters. The van der Waals surface area contributed by atoms with Crippen molar-refractivity contribution in [3.63, 3.8) is 0 Å². The molecule has 20 heavy (non-hydrogen) atoms. The number of rotatable bonds is 8. The quantitative estimate of drug-likeness (QED) is 0.682. The van der Waals surface area contributed by atoms with Gasteiger partial charge in [-0.3, -0.25) is 9.59 Å². The molecule has 1 rings (SSSR count). The zero-order valence-electron chi connectivity index (χ0n) is 12.0. The van der Waals surface area contributed by atoms with Gasteiger partial charge in [-0.05, 0) is 18.6 Å². The van der Waals surface area contributed by atoms with Crippen molar-refractivity contribution in [2.75, 3.05) is 27.3 Å². The van der Waals surface area contributed by atoms with Gasteiger partial charge in [0.05, 0.1) is 20.1 Å². The molecule has 0 bridgehead atoms. The highest BCUT2D eigenvalue weighted by molar-refractivity contribution is 5.76. The summed E-state index contributed by atoms with van der Waals surface area (Å²) in [5.74, 6) is 0.512. The lowest BCUT2D eigenvalue weighted by Crippen LogP contribution is -2.29. The summed E-state index contributed by atoms with van der Waals surface area (Å²) in [6.07, 6.45) is 1.26. The molecule has 0 aliphatic heterocycles. The fraction of sp³-hybridized carbons (Fsp3) is 0.467. The number of amides is 1. The molecule has 0 heterocycles. The van der Waals surface area contributed by atoms with Crippen LogP contribution in [0.3, 0.4) is 0 Å². The van der Waals surface area contributed by atoms with E-state index in [0.29, 0.717) is 32.4 Å². The SMILES string of the molecule is COC(=O)CCCN(C)C(=O)CCOc1ccccc1. The fourth-order valence-electron chi connectivity index (χ4n) is 1.65. The largest absolute Gasteiger partial charge is 0.493 e. The van der Waals surface area contributed by atoms with Gasteiger partial charge in [0.15, 0.2) is 0 Å². The van der Waals surface area contributed by atoms with Crippen LogP contribution < -0.4 is 4.74 Å². The van der Waals surface area contributed by atoms with Crippen molar-refractivity contribution in [3.05, 3.63) is 30.3 Å². The van der Waals surface area contributed by atoms with E-state index >= 15 is 0 Å². The Morgan fingerprint density at radius 1 is 1.15 bits per heavy atom. The molecule has 5 heteroatoms. The topological polar surface area (TPSA) is 55.8 Å². The van der Waals surface area contributed by atoms with Gasteiger partial charge in [0.1, 0.15) is 5.75 Å². The van der Waals surface area contributed by atoms with Crippen molar-refractivity contribution in [1.82, 2.24) is 4.90 Å². The van der Waals surface area contributed by atoms with Crippen molar-refractivity contribution in [1.29, 1.82) is 0 Å². The Hall–Kier alpha value is -2.04. The first-order valence-electron chi connectivity index (χ1n) is 6.62. The summed E-state index contributed by atoms with van der Waals surface area (Å²) in [5.41, 5.74) is 0. The van der Waals surface area contributed by atoms with Gasteiger partial charge >= 0.3 is 5.97 Å². The van der Waals surface area contributed by atoms with E-state index in [1.54, 1.807) is 11.9 Å². The van der Waals surface area contributed by atoms with Gasteiger partial charge in [-0.15, -0.1) is 0 Å². The van der Waals surface area contributed by atoms with Gasteiger partial charge in [0, 0.05) is 20.0 Å². The third-order valence-corrected chi connectivity index (χ3v) is 2.86. The number of benzene rings is 1. The van der Waals surface area contributed by atoms with Crippen molar-refractivity contribution >= 4 is 11.9 Å². The van der Waals surface area contributed by atoms with Gasteiger partial charge in [-0.2, -0.15) is 0 Å². The first-order valence-corrected chi connectivity index (χ1v) is 6.62. The molecule has 0 saturated heterocycles. The van der Waals surface area contributed by atoms with E-state index in [9.17, 15) is 9.59 Å². The summed E-state index contributed by atoms with van der Waals surface area (Å²) < 4.78 is 10.0. The normalized spacial score (nSPS) is 9.90. The smallest absolute Gasteiger partial charge is 0.305 e. The molecule has 0 N–H and O–H groups in total. The second-order valence-corrected chi connectivity index (χ2v) is 4.41. The number of nitrogens with zero attached hydrogens (tertiary/aromatic N) is 1. The lowest BCUT2D eigenvalue weighted by atomic mass is 10.3. The number of hydrogen-bond donors (Lipinski definition) is 0. The number of carbonyl (C=O) groups is 2. The zero-order chi connectivity index (χ0) is 14.8. The minimum absolute atomic E-state index is 0.00537. The predicted molar refractivity (Wildman–Crippen MR) is 75.4 cm³/mol. The molecule has 0 atom stereocenters. The summed E-state index contributed by atoms with van der Waals surface area (Å²) >= 11 is 0. The van der Waals surface area contributed by atoms with Crippen LogP contribution in [0.5, 0.6) is 5.75 Å². The number of ether oxygens (including phenoxy) is 2. The Bertz CT molecular complexity index is 419. The van der Waals surface area contributed by atoms with E-state index in [1.807, 2.05) is 30.3 Å². The highest BCUT2D eigenvalue weighted by Crippen LogP contribution is 2.08. The number of methoxy groups -OCH3 is 1. The highest BCUT2D eigenvalue weighted by atomic mass is 16.5. The van der Waals surface area contributed by atoms with Crippen LogP contribution in [-0.4, -0.2) is 44.1 Å². The Morgan fingerprint density at radius 3 is 2.50 bits per heavy atom. The molecule has 1 aromatic carbocycles. The molecule has 0 aliphatic rings. The minimum Gasteiger partial charge on any atom is -0.493 e. The van der Waals surface area contributed by atoms with Crippen LogP contribution in [0.1, 0.15) is 19.3 Å². The maximum Gasteiger partial charge on any atom is 0.305 e. The zero-order valence-corrected chi connectivity index (χ0v) is 12.0. The van der Waals surface area contributed by atoms with E-state index < -0.39 is 0 Å². The second-order valence-electron chi connectivity index (χ2n) is 4.41. The van der Waals surface area contributed by atoms with Crippen molar-refractivity contribution in [3.8, 4) is 5.75 Å². The van der Waals surface area contributed by atoms with E-state index in [0.717, 1.165) is 5.75 Å². The third-order valence-electron chi connectivity index (χ3n) is 2.86. The van der Waals surface area contributed by atoms with E-state index in [-0.39, 0.29) is 11.9 Å². The minimum atomic E-state index is -0.252. The summed E-state index contributed by atoms with van der Waals surface area (Å²) in [6, 6.07) is 9.38. The molecule has 0 saturated carbocycles. The number of esters is 1. The molecule has 0 radical (unpaired) electrons. The molecule has 0 aliphatic carbocycles. The molecule has 110 valence electrons. The average molecular weight is 279 g/mol. The fourth-order valence-corrected chi connectivity index (χ4v) is 1.65. The van der Waals surface area contributed by atoms with Crippen LogP contribution in [0.2, 0.25) is 0 Å². The Labute approximate surface area is 119 Å². The molecule has 0 fully saturated rings. The Balaban J connectivity index is 2.16. The van der Waals surface area contributed by atoms with Crippen molar-refractivity contribution in [2.24, 2.45) is 0 Å². The van der Waals surface area contributed by atoms with E-state index in [1.165, 1.54) is 7.11 Å². The predicted octanol–water partition coefficient (Wildman–Crippen LogP) is 1.87. The van der Waals surface area contributed by atoms with E-state index in [2.05, 4.69) is 4.74 Å². The molecular formula is C15H21NO4. The second kappa shape index (κ2) is 8.96. The molecule has 5 nitrogen and oxygen atoms in total. The number of hydrogen-bond acceptors (Lipinski definition) is 4. The average Bonchev–Trinajstić information content (AvgIpc) is 2.47. The lowest BCUT2D eigenvalue weighted by molar-refractivity contribution is -0.141. The van der Waals surface area contributed by atoms with Crippen molar-refractivity contribution in [2.45, 2.75) is 19.3 Å². The Kier molecular flexibility index (Phi) is 7.17. The Morgan fingerprint density at radius 2 is 1.85 bits per heavy atom. The number of carbonyl (C=O) groups excluding carboxylic acids is 2. The first-order chi connectivity index (χ1) is 9.63. The van der Waals surface area contributed by atoms with Gasteiger partial charge in [-0.25, -0.2) is 0 Å². The summed E-state index contributed by atoms with van der Waals surface area (Å²) in [6.45, 7) is 0.892. The first kappa shape index (κ1) is 16.0. The van der Waals surface area contributed by atoms with Crippen LogP contribution in [0.4, 0.5) is 0 Å². The molecule has 0 aromatic heterocycles. The monoisotopic (exact) mass is 279 g/mol. The maximum atomic E-state index is 11.8. The molecule has 1 aromatic rings. The van der Waals surface area contributed by atoms with Crippen LogP contribution >= 0.6 is 0 Å². The van der Waals surface area contributed by atoms with Gasteiger partial charge < -0.3 is 14.4 Å². The standard InChI is InChI=1S/C15H21NO4/c1-16(11-6-9-15(18)19-2)14(17)10-12-20-13-7-4-3-5-8-13/h3-5,7-8H,6,9-12H2,1-2H3. The summed E-state index contributed by atoms with van der Waals surface area (Å²) in [7, 11) is 3.08. The number of para-hydroxylation sites is 1. The molecule has 1 amide bonds. The van der Waals surface area contributed by atoms with E-state index in [4.69, 9.17) is 4.74 Å². The lowest BCUT2D eigenvalue weighted by Gasteiger charge is -2.17. The van der Waals surface area contributed by atoms with Crippen LogP contribution in [-0.2, 0) is 14.3 Å². The van der Waals surface area contributed by atoms with Gasteiger partial charge in [0.25, 0.3) is 0 Å². The van der Waals surface area contributed by atoms with Crippen LogP contribution in [0.25, 0.3) is 0 Å².